The van der Waals surface area contributed by atoms with Crippen molar-refractivity contribution in [3.8, 4) is 0 Å². The van der Waals surface area contributed by atoms with E-state index in [9.17, 15) is 14.4 Å². The minimum absolute atomic E-state index is 0.267. The van der Waals surface area contributed by atoms with E-state index < -0.39 is 27.9 Å². The zero-order valence-corrected chi connectivity index (χ0v) is 7.51. The summed E-state index contributed by atoms with van der Waals surface area (Å²) in [7, 11) is 0. The molecule has 0 aliphatic carbocycles. The van der Waals surface area contributed by atoms with Gasteiger partial charge in [0, 0.05) is 0 Å². The molecule has 0 saturated carbocycles. The molecular formula is C6H5N5O5. The molecule has 2 heterocycles. The topological polar surface area (TPSA) is 155 Å². The predicted molar refractivity (Wildman–Crippen MR) is 49.7 cm³/mol. The minimum atomic E-state index is -1.00. The lowest BCUT2D eigenvalue weighted by molar-refractivity contribution is 0.0242. The molecule has 10 nitrogen and oxygen atoms in total. The van der Waals surface area contributed by atoms with E-state index in [4.69, 9.17) is 10.4 Å². The molecule has 2 aromatic rings. The first kappa shape index (κ1) is 10.1. The van der Waals surface area contributed by atoms with Gasteiger partial charge in [0.15, 0.2) is 11.2 Å². The average Bonchev–Trinajstić information content (AvgIpc) is 2.20. The summed E-state index contributed by atoms with van der Waals surface area (Å²) in [5, 5.41) is 16.8. The maximum Gasteiger partial charge on any atom is 0.315 e. The van der Waals surface area contributed by atoms with Crippen LogP contribution in [0, 0.1) is 0 Å². The highest BCUT2D eigenvalue weighted by molar-refractivity contribution is 5.68. The third-order valence-electron chi connectivity index (χ3n) is 1.77. The third-order valence-corrected chi connectivity index (χ3v) is 1.77. The molecule has 10 heteroatoms. The van der Waals surface area contributed by atoms with Crippen LogP contribution in [0.25, 0.3) is 11.2 Å². The van der Waals surface area contributed by atoms with Crippen LogP contribution in [0.4, 0.5) is 5.95 Å². The lowest BCUT2D eigenvalue weighted by atomic mass is 10.5. The fourth-order valence-corrected chi connectivity index (χ4v) is 1.10. The number of anilines is 1. The van der Waals surface area contributed by atoms with Crippen LogP contribution in [-0.4, -0.2) is 30.4 Å². The molecule has 0 unspecified atom stereocenters. The van der Waals surface area contributed by atoms with Gasteiger partial charge in [0.2, 0.25) is 0 Å². The molecule has 16 heavy (non-hydrogen) atoms. The van der Waals surface area contributed by atoms with Gasteiger partial charge in [-0.25, -0.2) is 0 Å². The number of H-pyrrole nitrogens is 3. The van der Waals surface area contributed by atoms with Crippen molar-refractivity contribution < 1.29 is 10.4 Å². The van der Waals surface area contributed by atoms with E-state index in [1.54, 1.807) is 0 Å². The molecule has 0 saturated heterocycles. The van der Waals surface area contributed by atoms with Crippen molar-refractivity contribution in [2.24, 2.45) is 0 Å². The standard InChI is InChI=1S/C6H5N5O5/c12-3-1-2(8-5(14)4(13)7-1)9-6(10-3)11(15)16/h15-16H,(H,7,13)(H2,8,9,10,12,14). The largest absolute Gasteiger partial charge is 0.315 e. The molecule has 0 fully saturated rings. The van der Waals surface area contributed by atoms with Gasteiger partial charge in [0.05, 0.1) is 0 Å². The number of aromatic nitrogens is 4. The molecule has 0 spiro atoms. The van der Waals surface area contributed by atoms with Gasteiger partial charge in [-0.3, -0.25) is 29.8 Å². The molecule has 0 bridgehead atoms. The van der Waals surface area contributed by atoms with Gasteiger partial charge in [-0.2, -0.15) is 4.98 Å². The molecule has 0 aliphatic rings. The van der Waals surface area contributed by atoms with Crippen LogP contribution in [0.2, 0.25) is 0 Å². The number of nitrogens with one attached hydrogen (secondary N) is 3. The van der Waals surface area contributed by atoms with Crippen LogP contribution in [0.15, 0.2) is 14.4 Å². The van der Waals surface area contributed by atoms with Crippen LogP contribution < -0.4 is 21.9 Å². The van der Waals surface area contributed by atoms with Crippen LogP contribution in [0.1, 0.15) is 0 Å². The first-order chi connectivity index (χ1) is 7.49. The molecular weight excluding hydrogens is 222 g/mol. The number of rotatable bonds is 1. The Hall–Kier alpha value is -2.46. The second-order valence-corrected chi connectivity index (χ2v) is 2.81. The zero-order valence-electron chi connectivity index (χ0n) is 7.51. The fraction of sp³-hybridized carbons (Fsp3) is 0. The Morgan fingerprint density at radius 3 is 2.19 bits per heavy atom. The molecule has 0 atom stereocenters. The Kier molecular flexibility index (Phi) is 2.07. The lowest BCUT2D eigenvalue weighted by Gasteiger charge is -2.05. The highest BCUT2D eigenvalue weighted by Gasteiger charge is 2.09. The van der Waals surface area contributed by atoms with Crippen molar-refractivity contribution in [3.63, 3.8) is 0 Å². The zero-order chi connectivity index (χ0) is 11.9. The highest BCUT2D eigenvalue weighted by Crippen LogP contribution is 2.01. The average molecular weight is 227 g/mol. The summed E-state index contributed by atoms with van der Waals surface area (Å²) in [4.78, 5) is 42.6. The summed E-state index contributed by atoms with van der Waals surface area (Å²) in [6.45, 7) is 0. The van der Waals surface area contributed by atoms with E-state index >= 15 is 0 Å². The van der Waals surface area contributed by atoms with Crippen molar-refractivity contribution >= 4 is 17.1 Å². The van der Waals surface area contributed by atoms with Crippen LogP contribution in [-0.2, 0) is 0 Å². The Balaban J connectivity index is 2.93. The van der Waals surface area contributed by atoms with Gasteiger partial charge in [-0.05, 0) is 0 Å². The SMILES string of the molecule is O=c1[nH]c2nc(N(O)O)[nH]c(=O)c2[nH]c1=O. The Morgan fingerprint density at radius 1 is 0.938 bits per heavy atom. The van der Waals surface area contributed by atoms with E-state index in [1.165, 1.54) is 0 Å². The fourth-order valence-electron chi connectivity index (χ4n) is 1.10. The Labute approximate surface area is 84.7 Å². The summed E-state index contributed by atoms with van der Waals surface area (Å²) in [6, 6.07) is 0. The molecule has 0 radical (unpaired) electrons. The van der Waals surface area contributed by atoms with Crippen molar-refractivity contribution in [3.05, 3.63) is 31.1 Å². The van der Waals surface area contributed by atoms with Gasteiger partial charge in [0.25, 0.3) is 11.5 Å². The summed E-state index contributed by atoms with van der Waals surface area (Å²) >= 11 is 0. The summed E-state index contributed by atoms with van der Waals surface area (Å²) < 4.78 is 0. The first-order valence-electron chi connectivity index (χ1n) is 3.93. The van der Waals surface area contributed by atoms with Gasteiger partial charge in [-0.1, -0.05) is 5.23 Å². The molecule has 84 valence electrons. The van der Waals surface area contributed by atoms with Crippen molar-refractivity contribution in [1.29, 1.82) is 0 Å². The molecule has 2 rings (SSSR count). The molecule has 0 aromatic carbocycles. The van der Waals surface area contributed by atoms with Crippen LogP contribution in [0.3, 0.4) is 0 Å². The highest BCUT2D eigenvalue weighted by atomic mass is 16.8. The molecule has 0 aliphatic heterocycles. The van der Waals surface area contributed by atoms with Crippen LogP contribution in [0.5, 0.6) is 0 Å². The van der Waals surface area contributed by atoms with E-state index in [0.29, 0.717) is 0 Å². The van der Waals surface area contributed by atoms with E-state index in [0.717, 1.165) is 0 Å². The van der Waals surface area contributed by atoms with Crippen molar-refractivity contribution in [2.75, 3.05) is 5.23 Å². The maximum absolute atomic E-state index is 11.3. The van der Waals surface area contributed by atoms with Crippen LogP contribution >= 0.6 is 0 Å². The third kappa shape index (κ3) is 1.47. The number of hydrogen-bond acceptors (Lipinski definition) is 7. The van der Waals surface area contributed by atoms with Crippen molar-refractivity contribution in [2.45, 2.75) is 0 Å². The Morgan fingerprint density at radius 2 is 1.56 bits per heavy atom. The summed E-state index contributed by atoms with van der Waals surface area (Å²) in [5.74, 6) is -0.597. The second kappa shape index (κ2) is 3.29. The Bertz CT molecular complexity index is 710. The molecule has 5 N–H and O–H groups in total. The molecule has 2 aromatic heterocycles. The normalized spacial score (nSPS) is 10.6. The quantitative estimate of drug-likeness (QED) is 0.275. The predicted octanol–water partition coefficient (Wildman–Crippen LogP) is -2.12. The summed E-state index contributed by atoms with van der Waals surface area (Å²) in [6.07, 6.45) is 0. The number of nitrogens with zero attached hydrogens (tertiary/aromatic N) is 2. The summed E-state index contributed by atoms with van der Waals surface area (Å²) in [5.41, 5.74) is -3.37. The smallest absolute Gasteiger partial charge is 0.310 e. The second-order valence-electron chi connectivity index (χ2n) is 2.81. The monoisotopic (exact) mass is 227 g/mol. The van der Waals surface area contributed by atoms with E-state index in [-0.39, 0.29) is 11.2 Å². The number of aromatic amines is 3. The van der Waals surface area contributed by atoms with Gasteiger partial charge < -0.3 is 9.97 Å². The lowest BCUT2D eigenvalue weighted by Crippen LogP contribution is -2.32. The number of hydrogen-bond donors (Lipinski definition) is 5. The van der Waals surface area contributed by atoms with Crippen molar-refractivity contribution in [1.82, 2.24) is 19.9 Å². The van der Waals surface area contributed by atoms with Gasteiger partial charge in [-0.15, -0.1) is 0 Å². The van der Waals surface area contributed by atoms with Gasteiger partial charge in [0.1, 0.15) is 0 Å². The first-order valence-corrected chi connectivity index (χ1v) is 3.93. The van der Waals surface area contributed by atoms with Gasteiger partial charge >= 0.3 is 11.1 Å². The van der Waals surface area contributed by atoms with E-state index in [2.05, 4.69) is 4.98 Å². The minimum Gasteiger partial charge on any atom is -0.310 e. The van der Waals surface area contributed by atoms with E-state index in [1.807, 2.05) is 15.0 Å². The molecule has 0 amide bonds. The maximum atomic E-state index is 11.3. The number of fused-ring (bicyclic) bond motifs is 1.